The first-order valence-corrected chi connectivity index (χ1v) is 6.53. The van der Waals surface area contributed by atoms with E-state index >= 15 is 0 Å². The quantitative estimate of drug-likeness (QED) is 0.748. The van der Waals surface area contributed by atoms with Gasteiger partial charge in [-0.25, -0.2) is 0 Å². The van der Waals surface area contributed by atoms with Crippen molar-refractivity contribution in [2.75, 3.05) is 18.6 Å². The highest BCUT2D eigenvalue weighted by Gasteiger charge is 2.08. The second-order valence-electron chi connectivity index (χ2n) is 3.57. The maximum Gasteiger partial charge on any atom is 0.120 e. The summed E-state index contributed by atoms with van der Waals surface area (Å²) in [7, 11) is 0. The SMILES string of the molecule is CSCC(CCO)NCc1occc1C. The van der Waals surface area contributed by atoms with E-state index in [-0.39, 0.29) is 6.61 Å². The molecule has 0 amide bonds. The highest BCUT2D eigenvalue weighted by molar-refractivity contribution is 7.98. The van der Waals surface area contributed by atoms with E-state index in [9.17, 15) is 0 Å². The number of aliphatic hydroxyl groups is 1. The Morgan fingerprint density at radius 3 is 2.93 bits per heavy atom. The maximum absolute atomic E-state index is 8.90. The lowest BCUT2D eigenvalue weighted by molar-refractivity contribution is 0.268. The van der Waals surface area contributed by atoms with Crippen molar-refractivity contribution in [3.8, 4) is 0 Å². The minimum absolute atomic E-state index is 0.232. The van der Waals surface area contributed by atoms with Crippen molar-refractivity contribution < 1.29 is 9.52 Å². The molecule has 1 rings (SSSR count). The van der Waals surface area contributed by atoms with E-state index < -0.39 is 0 Å². The lowest BCUT2D eigenvalue weighted by Gasteiger charge is -2.15. The Balaban J connectivity index is 2.36. The molecule has 0 aliphatic rings. The highest BCUT2D eigenvalue weighted by atomic mass is 32.2. The molecule has 0 saturated carbocycles. The Labute approximate surface area is 95.2 Å². The molecule has 15 heavy (non-hydrogen) atoms. The molecule has 0 radical (unpaired) electrons. The highest BCUT2D eigenvalue weighted by Crippen LogP contribution is 2.09. The fourth-order valence-corrected chi connectivity index (χ4v) is 2.11. The molecule has 86 valence electrons. The van der Waals surface area contributed by atoms with Gasteiger partial charge in [0.1, 0.15) is 5.76 Å². The number of nitrogens with one attached hydrogen (secondary N) is 1. The zero-order valence-corrected chi connectivity index (χ0v) is 10.1. The van der Waals surface area contributed by atoms with Gasteiger partial charge in [-0.1, -0.05) is 0 Å². The van der Waals surface area contributed by atoms with Crippen LogP contribution in [0.15, 0.2) is 16.7 Å². The number of rotatable bonds is 7. The Morgan fingerprint density at radius 2 is 2.40 bits per heavy atom. The van der Waals surface area contributed by atoms with Gasteiger partial charge in [0.2, 0.25) is 0 Å². The molecule has 0 fully saturated rings. The van der Waals surface area contributed by atoms with E-state index in [0.717, 1.165) is 24.5 Å². The summed E-state index contributed by atoms with van der Waals surface area (Å²) in [6, 6.07) is 2.32. The van der Waals surface area contributed by atoms with Crippen LogP contribution in [0.3, 0.4) is 0 Å². The van der Waals surface area contributed by atoms with E-state index in [1.54, 1.807) is 18.0 Å². The summed E-state index contributed by atoms with van der Waals surface area (Å²) in [6.07, 6.45) is 4.58. The van der Waals surface area contributed by atoms with Crippen molar-refractivity contribution in [1.82, 2.24) is 5.32 Å². The van der Waals surface area contributed by atoms with Gasteiger partial charge in [0.05, 0.1) is 12.8 Å². The summed E-state index contributed by atoms with van der Waals surface area (Å²) in [5, 5.41) is 12.3. The summed E-state index contributed by atoms with van der Waals surface area (Å²) in [5.41, 5.74) is 1.18. The summed E-state index contributed by atoms with van der Waals surface area (Å²) >= 11 is 1.79. The van der Waals surface area contributed by atoms with Crippen LogP contribution >= 0.6 is 11.8 Å². The fraction of sp³-hybridized carbons (Fsp3) is 0.636. The van der Waals surface area contributed by atoms with Crippen molar-refractivity contribution in [3.63, 3.8) is 0 Å². The number of thioether (sulfide) groups is 1. The van der Waals surface area contributed by atoms with Gasteiger partial charge >= 0.3 is 0 Å². The fourth-order valence-electron chi connectivity index (χ4n) is 1.42. The van der Waals surface area contributed by atoms with Gasteiger partial charge in [0.15, 0.2) is 0 Å². The van der Waals surface area contributed by atoms with Crippen molar-refractivity contribution in [3.05, 3.63) is 23.7 Å². The normalized spacial score (nSPS) is 13.0. The van der Waals surface area contributed by atoms with Gasteiger partial charge < -0.3 is 14.8 Å². The Bertz CT molecular complexity index is 269. The van der Waals surface area contributed by atoms with Crippen molar-refractivity contribution >= 4 is 11.8 Å². The van der Waals surface area contributed by atoms with Crippen LogP contribution in [0.4, 0.5) is 0 Å². The van der Waals surface area contributed by atoms with Crippen molar-refractivity contribution in [2.24, 2.45) is 0 Å². The van der Waals surface area contributed by atoms with Gasteiger partial charge in [-0.05, 0) is 31.2 Å². The van der Waals surface area contributed by atoms with E-state index in [1.165, 1.54) is 5.56 Å². The topological polar surface area (TPSA) is 45.4 Å². The van der Waals surface area contributed by atoms with Gasteiger partial charge in [-0.15, -0.1) is 0 Å². The van der Waals surface area contributed by atoms with Crippen molar-refractivity contribution in [1.29, 1.82) is 0 Å². The van der Waals surface area contributed by atoms with Gasteiger partial charge in [0, 0.05) is 18.4 Å². The second kappa shape index (κ2) is 6.93. The zero-order chi connectivity index (χ0) is 11.1. The molecular weight excluding hydrogens is 210 g/mol. The van der Waals surface area contributed by atoms with Gasteiger partial charge in [-0.3, -0.25) is 0 Å². The van der Waals surface area contributed by atoms with Gasteiger partial charge in [-0.2, -0.15) is 11.8 Å². The molecule has 0 bridgehead atoms. The standard InChI is InChI=1S/C11H19NO2S/c1-9-4-6-14-11(9)7-12-10(3-5-13)8-15-2/h4,6,10,12-13H,3,5,7-8H2,1-2H3. The molecule has 0 spiro atoms. The average molecular weight is 229 g/mol. The van der Waals surface area contributed by atoms with Crippen LogP contribution in [0.2, 0.25) is 0 Å². The van der Waals surface area contributed by atoms with Crippen LogP contribution in [0, 0.1) is 6.92 Å². The van der Waals surface area contributed by atoms with Crippen LogP contribution in [-0.4, -0.2) is 29.8 Å². The lowest BCUT2D eigenvalue weighted by atomic mass is 10.2. The van der Waals surface area contributed by atoms with Crippen molar-refractivity contribution in [2.45, 2.75) is 25.9 Å². The Morgan fingerprint density at radius 1 is 1.60 bits per heavy atom. The van der Waals surface area contributed by atoms with E-state index in [1.807, 2.05) is 13.0 Å². The molecule has 0 aliphatic carbocycles. The van der Waals surface area contributed by atoms with Crippen LogP contribution in [-0.2, 0) is 6.54 Å². The predicted octanol–water partition coefficient (Wildman–Crippen LogP) is 1.79. The summed E-state index contributed by atoms with van der Waals surface area (Å²) in [4.78, 5) is 0. The summed E-state index contributed by atoms with van der Waals surface area (Å²) in [5.74, 6) is 2.00. The number of aryl methyl sites for hydroxylation is 1. The average Bonchev–Trinajstić information content (AvgIpc) is 2.61. The van der Waals surface area contributed by atoms with Crippen LogP contribution in [0.5, 0.6) is 0 Å². The zero-order valence-electron chi connectivity index (χ0n) is 9.32. The predicted molar refractivity (Wildman–Crippen MR) is 64.2 cm³/mol. The smallest absolute Gasteiger partial charge is 0.120 e. The third-order valence-electron chi connectivity index (χ3n) is 2.36. The molecule has 1 aromatic heterocycles. The maximum atomic E-state index is 8.90. The van der Waals surface area contributed by atoms with E-state index in [0.29, 0.717) is 6.04 Å². The molecule has 1 heterocycles. The molecule has 1 atom stereocenters. The Kier molecular flexibility index (Phi) is 5.83. The first kappa shape index (κ1) is 12.6. The molecule has 0 aliphatic heterocycles. The molecule has 1 unspecified atom stereocenters. The summed E-state index contributed by atoms with van der Waals surface area (Å²) in [6.45, 7) is 3.01. The van der Waals surface area contributed by atoms with Crippen LogP contribution in [0.25, 0.3) is 0 Å². The largest absolute Gasteiger partial charge is 0.468 e. The second-order valence-corrected chi connectivity index (χ2v) is 4.48. The molecular formula is C11H19NO2S. The van der Waals surface area contributed by atoms with Gasteiger partial charge in [0.25, 0.3) is 0 Å². The number of aliphatic hydroxyl groups excluding tert-OH is 1. The minimum atomic E-state index is 0.232. The first-order chi connectivity index (χ1) is 7.27. The molecule has 1 aromatic rings. The third kappa shape index (κ3) is 4.28. The molecule has 0 saturated heterocycles. The number of hydrogen-bond donors (Lipinski definition) is 2. The minimum Gasteiger partial charge on any atom is -0.468 e. The molecule has 4 heteroatoms. The van der Waals surface area contributed by atoms with E-state index in [2.05, 4.69) is 11.6 Å². The third-order valence-corrected chi connectivity index (χ3v) is 3.10. The monoisotopic (exact) mass is 229 g/mol. The van der Waals surface area contributed by atoms with Crippen LogP contribution < -0.4 is 5.32 Å². The van der Waals surface area contributed by atoms with Crippen LogP contribution in [0.1, 0.15) is 17.7 Å². The van der Waals surface area contributed by atoms with E-state index in [4.69, 9.17) is 9.52 Å². The number of furan rings is 1. The molecule has 0 aromatic carbocycles. The first-order valence-electron chi connectivity index (χ1n) is 5.14. The molecule has 2 N–H and O–H groups in total. The summed E-state index contributed by atoms with van der Waals surface area (Å²) < 4.78 is 5.34. The molecule has 3 nitrogen and oxygen atoms in total. The lowest BCUT2D eigenvalue weighted by Crippen LogP contribution is -2.31. The Hall–Kier alpha value is -0.450. The number of hydrogen-bond acceptors (Lipinski definition) is 4.